The SMILES string of the molecule is COc1ccc(N)c(C(=O)NC(C)c2ccccc2F)c1. The Hall–Kier alpha value is -2.56. The third kappa shape index (κ3) is 3.31. The van der Waals surface area contributed by atoms with Crippen molar-refractivity contribution in [3.8, 4) is 5.75 Å². The van der Waals surface area contributed by atoms with E-state index in [-0.39, 0.29) is 11.7 Å². The van der Waals surface area contributed by atoms with Gasteiger partial charge in [-0.15, -0.1) is 0 Å². The first kappa shape index (κ1) is 14.8. The summed E-state index contributed by atoms with van der Waals surface area (Å²) in [5.41, 5.74) is 6.87. The highest BCUT2D eigenvalue weighted by molar-refractivity contribution is 5.99. The van der Waals surface area contributed by atoms with Crippen molar-refractivity contribution in [1.29, 1.82) is 0 Å². The van der Waals surface area contributed by atoms with Crippen molar-refractivity contribution in [2.75, 3.05) is 12.8 Å². The van der Waals surface area contributed by atoms with Gasteiger partial charge < -0.3 is 15.8 Å². The van der Waals surface area contributed by atoms with Gasteiger partial charge in [-0.3, -0.25) is 4.79 Å². The minimum Gasteiger partial charge on any atom is -0.497 e. The summed E-state index contributed by atoms with van der Waals surface area (Å²) in [6.07, 6.45) is 0. The van der Waals surface area contributed by atoms with Crippen molar-refractivity contribution >= 4 is 11.6 Å². The van der Waals surface area contributed by atoms with Gasteiger partial charge >= 0.3 is 0 Å². The van der Waals surface area contributed by atoms with Crippen LogP contribution in [0.15, 0.2) is 42.5 Å². The second kappa shape index (κ2) is 6.26. The van der Waals surface area contributed by atoms with Crippen LogP contribution >= 0.6 is 0 Å². The first-order valence-corrected chi connectivity index (χ1v) is 6.51. The number of rotatable bonds is 4. The van der Waals surface area contributed by atoms with Crippen molar-refractivity contribution in [3.63, 3.8) is 0 Å². The van der Waals surface area contributed by atoms with Gasteiger partial charge in [0, 0.05) is 11.3 Å². The molecule has 0 saturated heterocycles. The highest BCUT2D eigenvalue weighted by atomic mass is 19.1. The molecule has 0 aromatic heterocycles. The number of carbonyl (C=O) groups excluding carboxylic acids is 1. The van der Waals surface area contributed by atoms with Crippen molar-refractivity contribution in [2.24, 2.45) is 0 Å². The lowest BCUT2D eigenvalue weighted by atomic mass is 10.1. The lowest BCUT2D eigenvalue weighted by Gasteiger charge is -2.16. The van der Waals surface area contributed by atoms with Crippen LogP contribution < -0.4 is 15.8 Å². The Morgan fingerprint density at radius 2 is 2.00 bits per heavy atom. The average Bonchev–Trinajstić information content (AvgIpc) is 2.48. The Balaban J connectivity index is 2.20. The molecule has 0 aliphatic heterocycles. The molecule has 110 valence electrons. The number of methoxy groups -OCH3 is 1. The fourth-order valence-corrected chi connectivity index (χ4v) is 2.04. The van der Waals surface area contributed by atoms with Crippen molar-refractivity contribution in [2.45, 2.75) is 13.0 Å². The Labute approximate surface area is 122 Å². The number of nitrogens with two attached hydrogens (primary N) is 1. The van der Waals surface area contributed by atoms with Gasteiger partial charge in [-0.05, 0) is 31.2 Å². The van der Waals surface area contributed by atoms with Gasteiger partial charge in [0.05, 0.1) is 18.7 Å². The van der Waals surface area contributed by atoms with Crippen LogP contribution in [0.3, 0.4) is 0 Å². The molecule has 1 amide bonds. The fourth-order valence-electron chi connectivity index (χ4n) is 2.04. The first-order valence-electron chi connectivity index (χ1n) is 6.51. The normalized spacial score (nSPS) is 11.8. The molecule has 2 aromatic carbocycles. The molecule has 5 heteroatoms. The third-order valence-corrected chi connectivity index (χ3v) is 3.22. The molecule has 1 unspecified atom stereocenters. The summed E-state index contributed by atoms with van der Waals surface area (Å²) < 4.78 is 18.8. The van der Waals surface area contributed by atoms with Gasteiger partial charge in [-0.25, -0.2) is 4.39 Å². The van der Waals surface area contributed by atoms with Crippen LogP contribution in [0.1, 0.15) is 28.9 Å². The summed E-state index contributed by atoms with van der Waals surface area (Å²) in [6, 6.07) is 10.7. The highest BCUT2D eigenvalue weighted by Gasteiger charge is 2.16. The lowest BCUT2D eigenvalue weighted by Crippen LogP contribution is -2.28. The molecule has 3 N–H and O–H groups in total. The number of ether oxygens (including phenoxy) is 1. The number of benzene rings is 2. The zero-order valence-electron chi connectivity index (χ0n) is 11.9. The van der Waals surface area contributed by atoms with E-state index in [9.17, 15) is 9.18 Å². The number of nitrogen functional groups attached to an aromatic ring is 1. The molecule has 0 aliphatic rings. The van der Waals surface area contributed by atoms with E-state index >= 15 is 0 Å². The van der Waals surface area contributed by atoms with Crippen molar-refractivity contribution in [1.82, 2.24) is 5.32 Å². The zero-order chi connectivity index (χ0) is 15.4. The number of halogens is 1. The molecule has 2 rings (SSSR count). The maximum absolute atomic E-state index is 13.7. The van der Waals surface area contributed by atoms with E-state index < -0.39 is 6.04 Å². The molecule has 0 heterocycles. The van der Waals surface area contributed by atoms with E-state index in [0.717, 1.165) is 0 Å². The van der Waals surface area contributed by atoms with E-state index in [1.54, 1.807) is 43.3 Å². The van der Waals surface area contributed by atoms with Gasteiger partial charge in [-0.1, -0.05) is 18.2 Å². The number of nitrogens with one attached hydrogen (secondary N) is 1. The van der Waals surface area contributed by atoms with Crippen LogP contribution in [0.2, 0.25) is 0 Å². The third-order valence-electron chi connectivity index (χ3n) is 3.22. The van der Waals surface area contributed by atoms with Crippen LogP contribution in [-0.2, 0) is 0 Å². The molecule has 0 saturated carbocycles. The van der Waals surface area contributed by atoms with E-state index in [4.69, 9.17) is 10.5 Å². The molecule has 4 nitrogen and oxygen atoms in total. The molecule has 0 radical (unpaired) electrons. The van der Waals surface area contributed by atoms with E-state index in [1.165, 1.54) is 13.2 Å². The second-order valence-corrected chi connectivity index (χ2v) is 4.67. The molecule has 21 heavy (non-hydrogen) atoms. The molecule has 0 aliphatic carbocycles. The smallest absolute Gasteiger partial charge is 0.253 e. The molecule has 1 atom stereocenters. The molecular formula is C16H17FN2O2. The summed E-state index contributed by atoms with van der Waals surface area (Å²) >= 11 is 0. The number of hydrogen-bond acceptors (Lipinski definition) is 3. The predicted molar refractivity (Wildman–Crippen MR) is 79.7 cm³/mol. The van der Waals surface area contributed by atoms with Crippen LogP contribution in [-0.4, -0.2) is 13.0 Å². The fraction of sp³-hybridized carbons (Fsp3) is 0.188. The molecule has 0 fully saturated rings. The summed E-state index contributed by atoms with van der Waals surface area (Å²) in [6.45, 7) is 1.71. The van der Waals surface area contributed by atoms with E-state index in [0.29, 0.717) is 22.6 Å². The quantitative estimate of drug-likeness (QED) is 0.850. The van der Waals surface area contributed by atoms with Gasteiger partial charge in [0.2, 0.25) is 0 Å². The van der Waals surface area contributed by atoms with Gasteiger partial charge in [0.25, 0.3) is 5.91 Å². The maximum atomic E-state index is 13.7. The standard InChI is InChI=1S/C16H17FN2O2/c1-10(12-5-3-4-6-14(12)17)19-16(20)13-9-11(21-2)7-8-15(13)18/h3-10H,18H2,1-2H3,(H,19,20). The largest absolute Gasteiger partial charge is 0.497 e. The van der Waals surface area contributed by atoms with Crippen molar-refractivity contribution in [3.05, 3.63) is 59.4 Å². The molecule has 0 spiro atoms. The number of carbonyl (C=O) groups is 1. The van der Waals surface area contributed by atoms with Crippen LogP contribution in [0, 0.1) is 5.82 Å². The highest BCUT2D eigenvalue weighted by Crippen LogP contribution is 2.21. The molecule has 2 aromatic rings. The van der Waals surface area contributed by atoms with Crippen LogP contribution in [0.5, 0.6) is 5.75 Å². The summed E-state index contributed by atoms with van der Waals surface area (Å²) in [5, 5.41) is 2.73. The topological polar surface area (TPSA) is 64.3 Å². The van der Waals surface area contributed by atoms with Crippen LogP contribution in [0.25, 0.3) is 0 Å². The van der Waals surface area contributed by atoms with Gasteiger partial charge in [0.1, 0.15) is 11.6 Å². The van der Waals surface area contributed by atoms with E-state index in [1.807, 2.05) is 0 Å². The zero-order valence-corrected chi connectivity index (χ0v) is 11.9. The lowest BCUT2D eigenvalue weighted by molar-refractivity contribution is 0.0940. The summed E-state index contributed by atoms with van der Waals surface area (Å²) in [5.74, 6) is -0.195. The predicted octanol–water partition coefficient (Wildman–Crippen LogP) is 2.91. The first-order chi connectivity index (χ1) is 10.0. The minimum absolute atomic E-state index is 0.303. The molecule has 0 bridgehead atoms. The van der Waals surface area contributed by atoms with Crippen LogP contribution in [0.4, 0.5) is 10.1 Å². The Kier molecular flexibility index (Phi) is 4.42. The summed E-state index contributed by atoms with van der Waals surface area (Å²) in [7, 11) is 1.51. The Morgan fingerprint density at radius 1 is 1.29 bits per heavy atom. The summed E-state index contributed by atoms with van der Waals surface area (Å²) in [4.78, 5) is 12.3. The maximum Gasteiger partial charge on any atom is 0.253 e. The number of anilines is 1. The number of amides is 1. The Morgan fingerprint density at radius 3 is 2.67 bits per heavy atom. The number of hydrogen-bond donors (Lipinski definition) is 2. The Bertz CT molecular complexity index is 658. The monoisotopic (exact) mass is 288 g/mol. The van der Waals surface area contributed by atoms with E-state index in [2.05, 4.69) is 5.32 Å². The van der Waals surface area contributed by atoms with Crippen molar-refractivity contribution < 1.29 is 13.9 Å². The second-order valence-electron chi connectivity index (χ2n) is 4.67. The van der Waals surface area contributed by atoms with Gasteiger partial charge in [-0.2, -0.15) is 0 Å². The van der Waals surface area contributed by atoms with Gasteiger partial charge in [0.15, 0.2) is 0 Å². The minimum atomic E-state index is -0.468. The molecular weight excluding hydrogens is 271 g/mol. The average molecular weight is 288 g/mol.